The maximum atomic E-state index is 12.7. The third-order valence-electron chi connectivity index (χ3n) is 5.20. The van der Waals surface area contributed by atoms with Gasteiger partial charge in [0.2, 0.25) is 5.91 Å². The Morgan fingerprint density at radius 3 is 2.61 bits per heavy atom. The highest BCUT2D eigenvalue weighted by molar-refractivity contribution is 8.18. The first kappa shape index (κ1) is 22.7. The molecule has 9 nitrogen and oxygen atoms in total. The highest BCUT2D eigenvalue weighted by Crippen LogP contribution is 2.34. The van der Waals surface area contributed by atoms with Gasteiger partial charge in [-0.05, 0) is 59.8 Å². The quantitative estimate of drug-likeness (QED) is 0.622. The summed E-state index contributed by atoms with van der Waals surface area (Å²) in [7, 11) is 1.42. The number of phenols is 1. The molecule has 4 rings (SSSR count). The van der Waals surface area contributed by atoms with Crippen molar-refractivity contribution in [3.63, 3.8) is 0 Å². The van der Waals surface area contributed by atoms with Crippen LogP contribution in [0.2, 0.25) is 0 Å². The summed E-state index contributed by atoms with van der Waals surface area (Å²) in [6.07, 6.45) is 1.52. The number of carbonyl (C=O) groups excluding carboxylic acids is 3. The molecule has 0 radical (unpaired) electrons. The molecule has 2 N–H and O–H groups in total. The zero-order chi connectivity index (χ0) is 23.4. The van der Waals surface area contributed by atoms with Crippen molar-refractivity contribution in [1.82, 2.24) is 4.90 Å². The highest BCUT2D eigenvalue weighted by Gasteiger charge is 2.36. The monoisotopic (exact) mass is 469 g/mol. The van der Waals surface area contributed by atoms with Gasteiger partial charge in [-0.3, -0.25) is 19.3 Å². The van der Waals surface area contributed by atoms with Gasteiger partial charge in [0.25, 0.3) is 11.1 Å². The van der Waals surface area contributed by atoms with Gasteiger partial charge in [-0.1, -0.05) is 6.07 Å². The Balaban J connectivity index is 1.38. The van der Waals surface area contributed by atoms with Crippen molar-refractivity contribution < 1.29 is 29.0 Å². The maximum absolute atomic E-state index is 12.7. The summed E-state index contributed by atoms with van der Waals surface area (Å²) in [5, 5.41) is 11.9. The Hall–Kier alpha value is -3.50. The number of imide groups is 1. The number of benzene rings is 2. The smallest absolute Gasteiger partial charge is 0.294 e. The van der Waals surface area contributed by atoms with E-state index in [4.69, 9.17) is 9.47 Å². The van der Waals surface area contributed by atoms with Crippen LogP contribution >= 0.6 is 11.8 Å². The molecule has 3 amide bonds. The lowest BCUT2D eigenvalue weighted by molar-refractivity contribution is -0.127. The zero-order valence-corrected chi connectivity index (χ0v) is 18.8. The number of nitrogens with one attached hydrogen (secondary N) is 1. The van der Waals surface area contributed by atoms with Gasteiger partial charge < -0.3 is 24.8 Å². The van der Waals surface area contributed by atoms with Crippen molar-refractivity contribution >= 4 is 46.3 Å². The lowest BCUT2D eigenvalue weighted by atomic mass is 10.2. The van der Waals surface area contributed by atoms with E-state index >= 15 is 0 Å². The van der Waals surface area contributed by atoms with E-state index in [1.807, 2.05) is 12.1 Å². The van der Waals surface area contributed by atoms with Crippen molar-refractivity contribution in [3.05, 3.63) is 52.9 Å². The average Bonchev–Trinajstić information content (AvgIpc) is 3.08. The van der Waals surface area contributed by atoms with Gasteiger partial charge in [0.15, 0.2) is 11.5 Å². The Morgan fingerprint density at radius 1 is 1.18 bits per heavy atom. The van der Waals surface area contributed by atoms with E-state index in [0.717, 1.165) is 35.4 Å². The Bertz CT molecular complexity index is 1100. The number of phenolic OH excluding ortho intramolecular Hbond substituents is 1. The molecule has 172 valence electrons. The summed E-state index contributed by atoms with van der Waals surface area (Å²) in [6, 6.07) is 12.0. The molecule has 0 atom stereocenters. The van der Waals surface area contributed by atoms with E-state index < -0.39 is 17.1 Å². The van der Waals surface area contributed by atoms with E-state index in [9.17, 15) is 19.5 Å². The fourth-order valence-corrected chi connectivity index (χ4v) is 4.33. The minimum atomic E-state index is -0.546. The number of rotatable bonds is 6. The summed E-state index contributed by atoms with van der Waals surface area (Å²) in [4.78, 5) is 40.8. The van der Waals surface area contributed by atoms with Gasteiger partial charge in [-0.25, -0.2) is 0 Å². The van der Waals surface area contributed by atoms with Crippen LogP contribution in [0, 0.1) is 0 Å². The van der Waals surface area contributed by atoms with Crippen LogP contribution in [0.1, 0.15) is 5.56 Å². The number of anilines is 2. The van der Waals surface area contributed by atoms with E-state index in [1.165, 1.54) is 19.3 Å². The second-order valence-electron chi connectivity index (χ2n) is 7.39. The van der Waals surface area contributed by atoms with Crippen molar-refractivity contribution in [2.45, 2.75) is 0 Å². The van der Waals surface area contributed by atoms with Crippen LogP contribution in [0.4, 0.5) is 16.2 Å². The predicted octanol–water partition coefficient (Wildman–Crippen LogP) is 2.91. The summed E-state index contributed by atoms with van der Waals surface area (Å²) >= 11 is 0.760. The topological polar surface area (TPSA) is 108 Å². The summed E-state index contributed by atoms with van der Waals surface area (Å²) in [6.45, 7) is 2.62. The van der Waals surface area contributed by atoms with E-state index in [0.29, 0.717) is 24.5 Å². The lowest BCUT2D eigenvalue weighted by Crippen LogP contribution is -2.36. The van der Waals surface area contributed by atoms with Crippen LogP contribution in [0.3, 0.4) is 0 Å². The standard InChI is InChI=1S/C23H23N3O6S/c1-31-19-12-15(2-7-18(19)27)13-20-22(29)26(23(30)33-20)14-21(28)24-16-3-5-17(6-4-16)25-8-10-32-11-9-25/h2-7,12-13,27H,8-11,14H2,1H3,(H,24,28)/b20-13+. The predicted molar refractivity (Wildman–Crippen MR) is 125 cm³/mol. The minimum Gasteiger partial charge on any atom is -0.504 e. The number of carbonyl (C=O) groups is 3. The van der Waals surface area contributed by atoms with Crippen LogP contribution in [0.5, 0.6) is 11.5 Å². The summed E-state index contributed by atoms with van der Waals surface area (Å²) in [5.41, 5.74) is 2.20. The summed E-state index contributed by atoms with van der Waals surface area (Å²) < 4.78 is 10.4. The van der Waals surface area contributed by atoms with Crippen LogP contribution in [-0.4, -0.2) is 67.0 Å². The van der Waals surface area contributed by atoms with Crippen LogP contribution in [0.25, 0.3) is 6.08 Å². The number of aromatic hydroxyl groups is 1. The third-order valence-corrected chi connectivity index (χ3v) is 6.11. The first-order chi connectivity index (χ1) is 15.9. The number of hydrogen-bond acceptors (Lipinski definition) is 8. The molecular weight excluding hydrogens is 446 g/mol. The van der Waals surface area contributed by atoms with Gasteiger partial charge in [0.05, 0.1) is 25.2 Å². The first-order valence-corrected chi connectivity index (χ1v) is 11.1. The van der Waals surface area contributed by atoms with Crippen molar-refractivity contribution in [2.24, 2.45) is 0 Å². The van der Waals surface area contributed by atoms with Crippen LogP contribution < -0.4 is 15.0 Å². The van der Waals surface area contributed by atoms with Crippen LogP contribution in [-0.2, 0) is 14.3 Å². The zero-order valence-electron chi connectivity index (χ0n) is 17.9. The maximum Gasteiger partial charge on any atom is 0.294 e. The number of ether oxygens (including phenoxy) is 2. The molecule has 0 bridgehead atoms. The number of hydrogen-bond donors (Lipinski definition) is 2. The number of amides is 3. The molecular formula is C23H23N3O6S. The van der Waals surface area contributed by atoms with Gasteiger partial charge in [0.1, 0.15) is 6.54 Å². The Kier molecular flexibility index (Phi) is 6.85. The van der Waals surface area contributed by atoms with Gasteiger partial charge >= 0.3 is 0 Å². The number of morpholine rings is 1. The molecule has 0 aromatic heterocycles. The largest absolute Gasteiger partial charge is 0.504 e. The molecule has 2 aliphatic heterocycles. The first-order valence-electron chi connectivity index (χ1n) is 10.3. The molecule has 0 spiro atoms. The number of methoxy groups -OCH3 is 1. The van der Waals surface area contributed by atoms with Gasteiger partial charge in [0, 0.05) is 24.5 Å². The highest BCUT2D eigenvalue weighted by atomic mass is 32.2. The fourth-order valence-electron chi connectivity index (χ4n) is 3.49. The summed E-state index contributed by atoms with van der Waals surface area (Å²) in [5.74, 6) is -0.793. The number of nitrogens with zero attached hydrogens (tertiary/aromatic N) is 2. The molecule has 33 heavy (non-hydrogen) atoms. The molecule has 2 fully saturated rings. The Labute approximate surface area is 195 Å². The molecule has 0 aliphatic carbocycles. The van der Waals surface area contributed by atoms with Gasteiger partial charge in [-0.15, -0.1) is 0 Å². The van der Waals surface area contributed by atoms with E-state index in [2.05, 4.69) is 10.2 Å². The Morgan fingerprint density at radius 2 is 1.91 bits per heavy atom. The molecule has 2 aromatic rings. The minimum absolute atomic E-state index is 0.0302. The van der Waals surface area contributed by atoms with Gasteiger partial charge in [-0.2, -0.15) is 0 Å². The molecule has 0 unspecified atom stereocenters. The second kappa shape index (κ2) is 9.97. The van der Waals surface area contributed by atoms with Crippen molar-refractivity contribution in [1.29, 1.82) is 0 Å². The molecule has 2 aromatic carbocycles. The second-order valence-corrected chi connectivity index (χ2v) is 8.39. The molecule has 10 heteroatoms. The van der Waals surface area contributed by atoms with Crippen molar-refractivity contribution in [2.75, 3.05) is 50.2 Å². The fraction of sp³-hybridized carbons (Fsp3) is 0.261. The average molecular weight is 470 g/mol. The lowest BCUT2D eigenvalue weighted by Gasteiger charge is -2.28. The normalized spacial score (nSPS) is 17.5. The van der Waals surface area contributed by atoms with Crippen molar-refractivity contribution in [3.8, 4) is 11.5 Å². The third kappa shape index (κ3) is 5.29. The SMILES string of the molecule is COc1cc(/C=C2/SC(=O)N(CC(=O)Nc3ccc(N4CCOCC4)cc3)C2=O)ccc1O. The van der Waals surface area contributed by atoms with Crippen LogP contribution in [0.15, 0.2) is 47.4 Å². The van der Waals surface area contributed by atoms with E-state index in [-0.39, 0.29) is 22.9 Å². The molecule has 2 saturated heterocycles. The number of thioether (sulfide) groups is 1. The molecule has 2 aliphatic rings. The van der Waals surface area contributed by atoms with E-state index in [1.54, 1.807) is 24.3 Å². The molecule has 0 saturated carbocycles. The molecule has 2 heterocycles.